The fourth-order valence-corrected chi connectivity index (χ4v) is 1.64. The lowest BCUT2D eigenvalue weighted by molar-refractivity contribution is -0.120. The van der Waals surface area contributed by atoms with Crippen LogP contribution in [0.5, 0.6) is 0 Å². The monoisotopic (exact) mass is 249 g/mol. The third-order valence-electron chi connectivity index (χ3n) is 2.81. The molecule has 1 atom stereocenters. The molecule has 0 heterocycles. The fraction of sp³-hybridized carbons (Fsp3) is 0.500. The minimum Gasteiger partial charge on any atom is -0.378 e. The number of amides is 1. The molecule has 0 aliphatic heterocycles. The summed E-state index contributed by atoms with van der Waals surface area (Å²) in [5, 5.41) is 0. The minimum atomic E-state index is -0.0582. The number of carbonyl (C=O) groups is 1. The number of benzene rings is 1. The molecule has 2 N–H and O–H groups in total. The number of aryl methyl sites for hydroxylation is 1. The maximum absolute atomic E-state index is 10.7. The van der Waals surface area contributed by atoms with E-state index in [0.29, 0.717) is 0 Å². The van der Waals surface area contributed by atoms with Gasteiger partial charge in [0.05, 0.1) is 0 Å². The zero-order chi connectivity index (χ0) is 13.5. The van der Waals surface area contributed by atoms with Gasteiger partial charge in [0, 0.05) is 32.7 Å². The van der Waals surface area contributed by atoms with Gasteiger partial charge in [-0.3, -0.25) is 10.2 Å². The highest BCUT2D eigenvalue weighted by Gasteiger charge is 2.03. The normalized spacial score (nSPS) is 12.0. The van der Waals surface area contributed by atoms with Crippen molar-refractivity contribution in [2.75, 3.05) is 19.0 Å². The van der Waals surface area contributed by atoms with E-state index < -0.39 is 0 Å². The molecule has 0 radical (unpaired) electrons. The average Bonchev–Trinajstić information content (AvgIpc) is 2.34. The first-order valence-corrected chi connectivity index (χ1v) is 6.27. The van der Waals surface area contributed by atoms with Crippen LogP contribution >= 0.6 is 0 Å². The van der Waals surface area contributed by atoms with Gasteiger partial charge >= 0.3 is 0 Å². The van der Waals surface area contributed by atoms with Gasteiger partial charge in [-0.15, -0.1) is 0 Å². The van der Waals surface area contributed by atoms with Gasteiger partial charge in [-0.2, -0.15) is 0 Å². The van der Waals surface area contributed by atoms with Crippen LogP contribution in [-0.2, 0) is 11.2 Å². The minimum absolute atomic E-state index is 0.0582. The second-order valence-corrected chi connectivity index (χ2v) is 4.83. The van der Waals surface area contributed by atoms with Crippen LogP contribution in [-0.4, -0.2) is 26.0 Å². The standard InChI is InChI=1S/C14H23N3O/c1-11(15-16-12(2)18)5-6-13-7-9-14(10-8-13)17(3)4/h7-11,15H,5-6H2,1-4H3,(H,16,18)/t11-/m0/s1. The van der Waals surface area contributed by atoms with Gasteiger partial charge < -0.3 is 4.90 Å². The Labute approximate surface area is 109 Å². The number of nitrogens with one attached hydrogen (secondary N) is 2. The summed E-state index contributed by atoms with van der Waals surface area (Å²) >= 11 is 0. The third kappa shape index (κ3) is 5.19. The Bertz CT molecular complexity index is 373. The first kappa shape index (κ1) is 14.5. The Hall–Kier alpha value is -1.55. The van der Waals surface area contributed by atoms with Crippen LogP contribution in [0.2, 0.25) is 0 Å². The summed E-state index contributed by atoms with van der Waals surface area (Å²) in [5.74, 6) is -0.0582. The number of carbonyl (C=O) groups excluding carboxylic acids is 1. The molecule has 0 aliphatic rings. The van der Waals surface area contributed by atoms with Crippen LogP contribution in [0.15, 0.2) is 24.3 Å². The largest absolute Gasteiger partial charge is 0.378 e. The number of hydrogen-bond donors (Lipinski definition) is 2. The number of hydrogen-bond acceptors (Lipinski definition) is 3. The fourth-order valence-electron chi connectivity index (χ4n) is 1.64. The van der Waals surface area contributed by atoms with Crippen molar-refractivity contribution in [3.05, 3.63) is 29.8 Å². The molecule has 0 bridgehead atoms. The Kier molecular flexibility index (Phi) is 5.65. The lowest BCUT2D eigenvalue weighted by atomic mass is 10.1. The molecule has 1 amide bonds. The van der Waals surface area contributed by atoms with E-state index in [2.05, 4.69) is 46.9 Å². The van der Waals surface area contributed by atoms with E-state index in [4.69, 9.17) is 0 Å². The molecule has 0 saturated carbocycles. The van der Waals surface area contributed by atoms with Crippen molar-refractivity contribution in [2.24, 2.45) is 0 Å². The highest BCUT2D eigenvalue weighted by molar-refractivity contribution is 5.72. The van der Waals surface area contributed by atoms with Crippen molar-refractivity contribution in [1.82, 2.24) is 10.9 Å². The maximum Gasteiger partial charge on any atom is 0.230 e. The van der Waals surface area contributed by atoms with Crippen molar-refractivity contribution in [3.8, 4) is 0 Å². The number of rotatable bonds is 6. The lowest BCUT2D eigenvalue weighted by Gasteiger charge is -2.15. The maximum atomic E-state index is 10.7. The second-order valence-electron chi connectivity index (χ2n) is 4.83. The van der Waals surface area contributed by atoms with E-state index >= 15 is 0 Å². The Morgan fingerprint density at radius 2 is 1.89 bits per heavy atom. The average molecular weight is 249 g/mol. The molecular weight excluding hydrogens is 226 g/mol. The van der Waals surface area contributed by atoms with Crippen LogP contribution in [0, 0.1) is 0 Å². The summed E-state index contributed by atoms with van der Waals surface area (Å²) in [6.07, 6.45) is 1.99. The summed E-state index contributed by atoms with van der Waals surface area (Å²) in [4.78, 5) is 12.8. The van der Waals surface area contributed by atoms with Gasteiger partial charge in [0.1, 0.15) is 0 Å². The smallest absolute Gasteiger partial charge is 0.230 e. The molecule has 0 unspecified atom stereocenters. The van der Waals surface area contributed by atoms with Crippen molar-refractivity contribution in [1.29, 1.82) is 0 Å². The van der Waals surface area contributed by atoms with E-state index in [-0.39, 0.29) is 11.9 Å². The molecule has 4 nitrogen and oxygen atoms in total. The van der Waals surface area contributed by atoms with Crippen LogP contribution in [0.4, 0.5) is 5.69 Å². The molecule has 0 aliphatic carbocycles. The summed E-state index contributed by atoms with van der Waals surface area (Å²) in [6, 6.07) is 8.83. The van der Waals surface area contributed by atoms with Crippen LogP contribution in [0.3, 0.4) is 0 Å². The van der Waals surface area contributed by atoms with E-state index in [1.165, 1.54) is 18.2 Å². The summed E-state index contributed by atoms with van der Waals surface area (Å²) in [5.41, 5.74) is 8.11. The molecule has 0 aromatic heterocycles. The van der Waals surface area contributed by atoms with Crippen molar-refractivity contribution < 1.29 is 4.79 Å². The zero-order valence-corrected chi connectivity index (χ0v) is 11.7. The Balaban J connectivity index is 2.36. The molecular formula is C14H23N3O. The SMILES string of the molecule is CC(=O)NN[C@@H](C)CCc1ccc(N(C)C)cc1. The number of anilines is 1. The first-order chi connectivity index (χ1) is 8.49. The van der Waals surface area contributed by atoms with Crippen LogP contribution < -0.4 is 15.8 Å². The molecule has 1 rings (SSSR count). The topological polar surface area (TPSA) is 44.4 Å². The lowest BCUT2D eigenvalue weighted by Crippen LogP contribution is -2.41. The van der Waals surface area contributed by atoms with Gasteiger partial charge in [-0.25, -0.2) is 5.43 Å². The van der Waals surface area contributed by atoms with Gasteiger partial charge in [0.2, 0.25) is 5.91 Å². The highest BCUT2D eigenvalue weighted by atomic mass is 16.2. The van der Waals surface area contributed by atoms with E-state index in [1.54, 1.807) is 0 Å². The molecule has 1 aromatic rings. The van der Waals surface area contributed by atoms with Gasteiger partial charge in [-0.05, 0) is 37.5 Å². The molecule has 0 spiro atoms. The van der Waals surface area contributed by atoms with Crippen LogP contribution in [0.1, 0.15) is 25.8 Å². The van der Waals surface area contributed by atoms with Gasteiger partial charge in [0.15, 0.2) is 0 Å². The first-order valence-electron chi connectivity index (χ1n) is 6.27. The van der Waals surface area contributed by atoms with Crippen LogP contribution in [0.25, 0.3) is 0 Å². The molecule has 0 fully saturated rings. The van der Waals surface area contributed by atoms with E-state index in [0.717, 1.165) is 12.8 Å². The predicted octanol–water partition coefficient (Wildman–Crippen LogP) is 1.71. The van der Waals surface area contributed by atoms with Crippen molar-refractivity contribution >= 4 is 11.6 Å². The zero-order valence-electron chi connectivity index (χ0n) is 11.7. The molecule has 100 valence electrons. The second kappa shape index (κ2) is 7.01. The van der Waals surface area contributed by atoms with Crippen molar-refractivity contribution in [2.45, 2.75) is 32.7 Å². The van der Waals surface area contributed by atoms with Crippen molar-refractivity contribution in [3.63, 3.8) is 0 Å². The van der Waals surface area contributed by atoms with Gasteiger partial charge in [-0.1, -0.05) is 12.1 Å². The predicted molar refractivity (Wildman–Crippen MR) is 75.5 cm³/mol. The molecule has 0 saturated heterocycles. The van der Waals surface area contributed by atoms with E-state index in [1.807, 2.05) is 14.1 Å². The van der Waals surface area contributed by atoms with Gasteiger partial charge in [0.25, 0.3) is 0 Å². The van der Waals surface area contributed by atoms with E-state index in [9.17, 15) is 4.79 Å². The quantitative estimate of drug-likeness (QED) is 0.754. The highest BCUT2D eigenvalue weighted by Crippen LogP contribution is 2.13. The number of hydrazine groups is 1. The Morgan fingerprint density at radius 1 is 1.28 bits per heavy atom. The Morgan fingerprint density at radius 3 is 2.39 bits per heavy atom. The summed E-state index contributed by atoms with van der Waals surface area (Å²) in [6.45, 7) is 3.56. The third-order valence-corrected chi connectivity index (χ3v) is 2.81. The molecule has 4 heteroatoms. The summed E-state index contributed by atoms with van der Waals surface area (Å²) < 4.78 is 0. The molecule has 1 aromatic carbocycles. The molecule has 18 heavy (non-hydrogen) atoms. The summed E-state index contributed by atoms with van der Waals surface area (Å²) in [7, 11) is 4.07. The number of nitrogens with zero attached hydrogens (tertiary/aromatic N) is 1.